The van der Waals surface area contributed by atoms with Gasteiger partial charge in [-0.3, -0.25) is 0 Å². The number of rotatable bonds is 2. The Morgan fingerprint density at radius 2 is 1.11 bits per heavy atom. The number of hydrogen-bond acceptors (Lipinski definition) is 1. The second-order valence-corrected chi connectivity index (χ2v) is 5.26. The van der Waals surface area contributed by atoms with E-state index in [4.69, 9.17) is 46.4 Å². The highest BCUT2D eigenvalue weighted by atomic mass is 35.5. The summed E-state index contributed by atoms with van der Waals surface area (Å²) < 4.78 is 0. The van der Waals surface area contributed by atoms with E-state index in [1.54, 1.807) is 36.4 Å². The minimum atomic E-state index is -0.970. The van der Waals surface area contributed by atoms with Crippen LogP contribution in [-0.4, -0.2) is 11.9 Å². The monoisotopic (exact) mass is 318 g/mol. The number of halogens is 4. The summed E-state index contributed by atoms with van der Waals surface area (Å²) in [6.07, 6.45) is 0. The third kappa shape index (κ3) is 2.63. The van der Waals surface area contributed by atoms with E-state index in [1.165, 1.54) is 0 Å². The van der Waals surface area contributed by atoms with Gasteiger partial charge in [0.05, 0.1) is 20.1 Å². The molecule has 0 aliphatic rings. The Morgan fingerprint density at radius 3 is 1.50 bits per heavy atom. The van der Waals surface area contributed by atoms with Gasteiger partial charge >= 0.3 is 6.92 Å². The van der Waals surface area contributed by atoms with Crippen molar-refractivity contribution in [2.75, 3.05) is 0 Å². The molecule has 1 nitrogen and oxygen atoms in total. The zero-order chi connectivity index (χ0) is 13.3. The molecule has 1 N–H and O–H groups in total. The largest absolute Gasteiger partial charge is 0.443 e. The standard InChI is InChI=1S/C12H7BCl4O/c14-9-5-1-3-7(11(9)16)13(18)8-4-2-6-10(15)12(8)17/h1-6,18H. The van der Waals surface area contributed by atoms with Crippen molar-refractivity contribution in [3.8, 4) is 0 Å². The van der Waals surface area contributed by atoms with Crippen LogP contribution in [0.5, 0.6) is 0 Å². The molecule has 2 aromatic rings. The summed E-state index contributed by atoms with van der Waals surface area (Å²) in [6, 6.07) is 10.1. The van der Waals surface area contributed by atoms with E-state index in [-0.39, 0.29) is 0 Å². The Balaban J connectivity index is 2.51. The predicted octanol–water partition coefficient (Wildman–Crippen LogP) is 3.40. The van der Waals surface area contributed by atoms with Crippen LogP contribution in [0.15, 0.2) is 36.4 Å². The van der Waals surface area contributed by atoms with E-state index in [0.717, 1.165) is 0 Å². The van der Waals surface area contributed by atoms with Gasteiger partial charge in [-0.2, -0.15) is 0 Å². The van der Waals surface area contributed by atoms with E-state index in [0.29, 0.717) is 31.0 Å². The molecule has 0 heterocycles. The van der Waals surface area contributed by atoms with Crippen molar-refractivity contribution in [2.24, 2.45) is 0 Å². The fraction of sp³-hybridized carbons (Fsp3) is 0. The molecule has 0 amide bonds. The van der Waals surface area contributed by atoms with Gasteiger partial charge in [-0.1, -0.05) is 70.7 Å². The summed E-state index contributed by atoms with van der Waals surface area (Å²) in [4.78, 5) is 0. The van der Waals surface area contributed by atoms with Gasteiger partial charge < -0.3 is 5.02 Å². The van der Waals surface area contributed by atoms with Gasteiger partial charge in [0.1, 0.15) is 0 Å². The highest BCUT2D eigenvalue weighted by molar-refractivity contribution is 6.83. The molecule has 0 aromatic heterocycles. The van der Waals surface area contributed by atoms with E-state index < -0.39 is 6.92 Å². The average molecular weight is 320 g/mol. The van der Waals surface area contributed by atoms with Crippen molar-refractivity contribution in [2.45, 2.75) is 0 Å². The Hall–Kier alpha value is -0.375. The Labute approximate surface area is 125 Å². The van der Waals surface area contributed by atoms with E-state index in [9.17, 15) is 5.02 Å². The molecule has 0 unspecified atom stereocenters. The van der Waals surface area contributed by atoms with E-state index in [2.05, 4.69) is 0 Å². The first-order chi connectivity index (χ1) is 8.52. The van der Waals surface area contributed by atoms with Crippen LogP contribution in [0, 0.1) is 0 Å². The molecule has 0 saturated carbocycles. The highest BCUT2D eigenvalue weighted by Gasteiger charge is 2.24. The van der Waals surface area contributed by atoms with Crippen LogP contribution in [-0.2, 0) is 0 Å². The van der Waals surface area contributed by atoms with Gasteiger partial charge in [-0.15, -0.1) is 0 Å². The predicted molar refractivity (Wildman–Crippen MR) is 80.2 cm³/mol. The minimum Gasteiger partial charge on any atom is -0.443 e. The van der Waals surface area contributed by atoms with Crippen LogP contribution in [0.25, 0.3) is 0 Å². The van der Waals surface area contributed by atoms with Crippen molar-refractivity contribution >= 4 is 64.2 Å². The van der Waals surface area contributed by atoms with Gasteiger partial charge in [0.2, 0.25) is 0 Å². The summed E-state index contributed by atoms with van der Waals surface area (Å²) >= 11 is 24.0. The van der Waals surface area contributed by atoms with Gasteiger partial charge in [-0.05, 0) is 23.1 Å². The third-order valence-corrected chi connectivity index (χ3v) is 4.22. The third-order valence-electron chi connectivity index (χ3n) is 2.55. The lowest BCUT2D eigenvalue weighted by Crippen LogP contribution is -2.43. The van der Waals surface area contributed by atoms with Gasteiger partial charge in [-0.25, -0.2) is 0 Å². The first-order valence-electron chi connectivity index (χ1n) is 5.08. The molecule has 0 saturated heterocycles. The summed E-state index contributed by atoms with van der Waals surface area (Å²) in [5, 5.41) is 11.7. The highest BCUT2D eigenvalue weighted by Crippen LogP contribution is 2.22. The molecule has 2 rings (SSSR count). The lowest BCUT2D eigenvalue weighted by Gasteiger charge is -2.12. The number of benzene rings is 2. The molecule has 92 valence electrons. The lowest BCUT2D eigenvalue weighted by molar-refractivity contribution is 0.600. The fourth-order valence-corrected chi connectivity index (χ4v) is 2.45. The molecule has 0 spiro atoms. The molecular formula is C12H7BCl4O. The fourth-order valence-electron chi connectivity index (χ4n) is 1.63. The molecule has 0 fully saturated rings. The van der Waals surface area contributed by atoms with Gasteiger partial charge in [0.15, 0.2) is 0 Å². The van der Waals surface area contributed by atoms with Crippen LogP contribution < -0.4 is 10.9 Å². The van der Waals surface area contributed by atoms with Crippen LogP contribution in [0.4, 0.5) is 0 Å². The zero-order valence-electron chi connectivity index (χ0n) is 9.00. The molecule has 0 atom stereocenters. The summed E-state index contributed by atoms with van der Waals surface area (Å²) in [5.74, 6) is 0. The Kier molecular flexibility index (Phi) is 4.47. The second kappa shape index (κ2) is 5.73. The zero-order valence-corrected chi connectivity index (χ0v) is 12.0. The summed E-state index contributed by atoms with van der Waals surface area (Å²) in [7, 11) is 0. The average Bonchev–Trinajstić information content (AvgIpc) is 2.35. The van der Waals surface area contributed by atoms with Crippen molar-refractivity contribution in [1.29, 1.82) is 0 Å². The molecule has 0 aliphatic heterocycles. The van der Waals surface area contributed by atoms with Crippen molar-refractivity contribution in [1.82, 2.24) is 0 Å². The maximum atomic E-state index is 10.3. The van der Waals surface area contributed by atoms with Crippen LogP contribution in [0.1, 0.15) is 0 Å². The molecular weight excluding hydrogens is 313 g/mol. The maximum absolute atomic E-state index is 10.3. The quantitative estimate of drug-likeness (QED) is 0.841. The SMILES string of the molecule is OB(c1cccc(Cl)c1Cl)c1cccc(Cl)c1Cl. The van der Waals surface area contributed by atoms with Gasteiger partial charge in [0, 0.05) is 0 Å². The van der Waals surface area contributed by atoms with E-state index in [1.807, 2.05) is 0 Å². The Bertz CT molecular complexity index is 537. The molecule has 18 heavy (non-hydrogen) atoms. The van der Waals surface area contributed by atoms with Gasteiger partial charge in [0.25, 0.3) is 0 Å². The molecule has 2 aromatic carbocycles. The lowest BCUT2D eigenvalue weighted by atomic mass is 9.56. The van der Waals surface area contributed by atoms with E-state index >= 15 is 0 Å². The number of hydrogen-bond donors (Lipinski definition) is 1. The normalized spacial score (nSPS) is 10.5. The van der Waals surface area contributed by atoms with Crippen molar-refractivity contribution in [3.63, 3.8) is 0 Å². The first-order valence-corrected chi connectivity index (χ1v) is 6.59. The van der Waals surface area contributed by atoms with Crippen LogP contribution in [0.3, 0.4) is 0 Å². The molecule has 6 heteroatoms. The van der Waals surface area contributed by atoms with Crippen molar-refractivity contribution < 1.29 is 5.02 Å². The topological polar surface area (TPSA) is 20.2 Å². The Morgan fingerprint density at radius 1 is 0.722 bits per heavy atom. The second-order valence-electron chi connectivity index (χ2n) is 3.69. The summed E-state index contributed by atoms with van der Waals surface area (Å²) in [6.45, 7) is -0.970. The molecule has 0 bridgehead atoms. The summed E-state index contributed by atoms with van der Waals surface area (Å²) in [5.41, 5.74) is 0.988. The molecule has 0 aliphatic carbocycles. The maximum Gasteiger partial charge on any atom is 0.362 e. The van der Waals surface area contributed by atoms with Crippen LogP contribution >= 0.6 is 46.4 Å². The molecule has 0 radical (unpaired) electrons. The first kappa shape index (κ1) is 14.0. The van der Waals surface area contributed by atoms with Crippen molar-refractivity contribution in [3.05, 3.63) is 56.5 Å². The minimum absolute atomic E-state index is 0.308. The van der Waals surface area contributed by atoms with Crippen LogP contribution in [0.2, 0.25) is 20.1 Å². The smallest absolute Gasteiger partial charge is 0.362 e.